The SMILES string of the molecule is CCC1(CC)CC(C(C)(C)C)CC(n2n3c4ccccc4n23)C1O. The second-order valence-corrected chi connectivity index (χ2v) is 8.97. The Hall–Kier alpha value is -1.42. The summed E-state index contributed by atoms with van der Waals surface area (Å²) in [7, 11) is 0. The van der Waals surface area contributed by atoms with Gasteiger partial charge in [0.05, 0.1) is 12.1 Å². The lowest BCUT2D eigenvalue weighted by Gasteiger charge is -2.50. The third-order valence-corrected chi connectivity index (χ3v) is 6.95. The summed E-state index contributed by atoms with van der Waals surface area (Å²) in [6, 6.07) is 8.68. The molecule has 1 aromatic carbocycles. The minimum Gasteiger partial charge on any atom is -0.390 e. The van der Waals surface area contributed by atoms with E-state index in [1.165, 1.54) is 11.0 Å². The summed E-state index contributed by atoms with van der Waals surface area (Å²) in [5.41, 5.74) is 2.85. The maximum atomic E-state index is 11.3. The molecular weight excluding hydrogens is 298 g/mol. The highest BCUT2D eigenvalue weighted by molar-refractivity contribution is 5.78. The lowest BCUT2D eigenvalue weighted by molar-refractivity contribution is -0.0903. The first-order valence-corrected chi connectivity index (χ1v) is 9.50. The molecule has 0 spiro atoms. The second kappa shape index (κ2) is 5.04. The Morgan fingerprint density at radius 2 is 1.62 bits per heavy atom. The van der Waals surface area contributed by atoms with Gasteiger partial charge in [0.25, 0.3) is 0 Å². The fourth-order valence-electron chi connectivity index (χ4n) is 4.96. The number of aromatic nitrogens is 3. The molecule has 3 aromatic rings. The van der Waals surface area contributed by atoms with Gasteiger partial charge in [-0.15, -0.1) is 0 Å². The van der Waals surface area contributed by atoms with Crippen LogP contribution in [-0.2, 0) is 0 Å². The van der Waals surface area contributed by atoms with Gasteiger partial charge in [-0.05, 0) is 54.6 Å². The van der Waals surface area contributed by atoms with E-state index < -0.39 is 0 Å². The molecule has 3 unspecified atom stereocenters. The van der Waals surface area contributed by atoms with Crippen molar-refractivity contribution in [3.8, 4) is 0 Å². The first-order valence-electron chi connectivity index (χ1n) is 9.50. The zero-order valence-corrected chi connectivity index (χ0v) is 15.7. The largest absolute Gasteiger partial charge is 0.390 e. The van der Waals surface area contributed by atoms with Crippen molar-refractivity contribution in [1.82, 2.24) is 14.1 Å². The number of fused-ring (bicyclic) bond motifs is 4. The third-order valence-electron chi connectivity index (χ3n) is 6.95. The van der Waals surface area contributed by atoms with E-state index in [-0.39, 0.29) is 23.0 Å². The predicted molar refractivity (Wildman–Crippen MR) is 97.8 cm³/mol. The van der Waals surface area contributed by atoms with Crippen molar-refractivity contribution in [3.05, 3.63) is 24.3 Å². The van der Waals surface area contributed by atoms with E-state index in [9.17, 15) is 5.11 Å². The van der Waals surface area contributed by atoms with Gasteiger partial charge in [0.15, 0.2) is 0 Å². The van der Waals surface area contributed by atoms with Crippen molar-refractivity contribution >= 4 is 11.0 Å². The van der Waals surface area contributed by atoms with Crippen molar-refractivity contribution in [3.63, 3.8) is 0 Å². The molecule has 4 rings (SSSR count). The first-order chi connectivity index (χ1) is 11.3. The second-order valence-electron chi connectivity index (χ2n) is 8.97. The fourth-order valence-corrected chi connectivity index (χ4v) is 4.96. The van der Waals surface area contributed by atoms with Crippen molar-refractivity contribution in [2.24, 2.45) is 16.7 Å². The maximum Gasteiger partial charge on any atom is 0.113 e. The fraction of sp³-hybridized carbons (Fsp3) is 0.700. The molecule has 0 radical (unpaired) electrons. The minimum absolute atomic E-state index is 0.0390. The van der Waals surface area contributed by atoms with Crippen molar-refractivity contribution < 1.29 is 5.11 Å². The van der Waals surface area contributed by atoms with E-state index >= 15 is 0 Å². The molecule has 4 heteroatoms. The number of aliphatic hydroxyl groups excluding tert-OH is 1. The molecule has 1 N–H and O–H groups in total. The number of nitrogens with zero attached hydrogens (tertiary/aromatic N) is 3. The molecule has 3 atom stereocenters. The number of hydrogen-bond donors (Lipinski definition) is 1. The summed E-state index contributed by atoms with van der Waals surface area (Å²) in [4.78, 5) is 2.30. The molecule has 1 aliphatic carbocycles. The van der Waals surface area contributed by atoms with Crippen LogP contribution in [0.5, 0.6) is 0 Å². The summed E-state index contributed by atoms with van der Waals surface area (Å²) in [6.45, 7) is 11.6. The van der Waals surface area contributed by atoms with Crippen LogP contribution in [0.1, 0.15) is 66.3 Å². The van der Waals surface area contributed by atoms with Gasteiger partial charge in [-0.2, -0.15) is 14.1 Å². The number of aliphatic hydroxyl groups is 1. The number of para-hydroxylation sites is 2. The van der Waals surface area contributed by atoms with Gasteiger partial charge in [0.2, 0.25) is 0 Å². The highest BCUT2D eigenvalue weighted by Crippen LogP contribution is 2.54. The van der Waals surface area contributed by atoms with Crippen LogP contribution in [0.4, 0.5) is 0 Å². The van der Waals surface area contributed by atoms with E-state index in [1.54, 1.807) is 0 Å². The van der Waals surface area contributed by atoms with Gasteiger partial charge in [-0.3, -0.25) is 0 Å². The Morgan fingerprint density at radius 3 is 2.08 bits per heavy atom. The predicted octanol–water partition coefficient (Wildman–Crippen LogP) is 4.60. The molecule has 0 amide bonds. The molecule has 1 aliphatic rings. The zero-order valence-electron chi connectivity index (χ0n) is 15.7. The molecule has 1 saturated carbocycles. The number of hydrogen-bond acceptors (Lipinski definition) is 1. The Labute approximate surface area is 144 Å². The van der Waals surface area contributed by atoms with Gasteiger partial charge < -0.3 is 5.11 Å². The highest BCUT2D eigenvalue weighted by Gasteiger charge is 2.51. The standard InChI is InChI=1S/C20H31N3O/c1-6-20(7-2)13-14(19(3,4)5)12-17(18(20)24)23-21-15-10-8-9-11-16(15)22(21)23/h8-11,14,17-18,24H,6-7,12-13H2,1-5H3. The topological polar surface area (TPSA) is 34.0 Å². The van der Waals surface area contributed by atoms with Crippen molar-refractivity contribution in [1.29, 1.82) is 0 Å². The smallest absolute Gasteiger partial charge is 0.113 e. The molecule has 0 aliphatic heterocycles. The summed E-state index contributed by atoms with van der Waals surface area (Å²) in [6.07, 6.45) is 4.03. The monoisotopic (exact) mass is 329 g/mol. The Morgan fingerprint density at radius 1 is 1.08 bits per heavy atom. The van der Waals surface area contributed by atoms with Gasteiger partial charge in [0, 0.05) is 0 Å². The summed E-state index contributed by atoms with van der Waals surface area (Å²) < 4.78 is 4.45. The summed E-state index contributed by atoms with van der Waals surface area (Å²) >= 11 is 0. The van der Waals surface area contributed by atoms with Crippen LogP contribution in [0.2, 0.25) is 0 Å². The average molecular weight is 329 g/mol. The van der Waals surface area contributed by atoms with Gasteiger partial charge in [-0.25, -0.2) is 0 Å². The molecule has 132 valence electrons. The van der Waals surface area contributed by atoms with E-state index in [4.69, 9.17) is 0 Å². The third kappa shape index (κ3) is 2.01. The maximum absolute atomic E-state index is 11.3. The van der Waals surface area contributed by atoms with Crippen molar-refractivity contribution in [2.75, 3.05) is 0 Å². The quantitative estimate of drug-likeness (QED) is 0.749. The van der Waals surface area contributed by atoms with Crippen LogP contribution in [0, 0.1) is 16.7 Å². The van der Waals surface area contributed by atoms with Crippen molar-refractivity contribution in [2.45, 2.75) is 72.4 Å². The molecule has 2 aromatic heterocycles. The Bertz CT molecular complexity index is 784. The van der Waals surface area contributed by atoms with E-state index in [1.807, 2.05) is 0 Å². The summed E-state index contributed by atoms with van der Waals surface area (Å²) in [5, 5.41) is 11.3. The van der Waals surface area contributed by atoms with Gasteiger partial charge >= 0.3 is 0 Å². The normalized spacial score (nSPS) is 28.3. The van der Waals surface area contributed by atoms with Crippen LogP contribution in [-0.4, -0.2) is 25.3 Å². The van der Waals surface area contributed by atoms with Crippen LogP contribution >= 0.6 is 0 Å². The van der Waals surface area contributed by atoms with E-state index in [0.29, 0.717) is 5.92 Å². The van der Waals surface area contributed by atoms with E-state index in [2.05, 4.69) is 72.9 Å². The zero-order chi connectivity index (χ0) is 17.3. The molecule has 2 heterocycles. The van der Waals surface area contributed by atoms with E-state index in [0.717, 1.165) is 25.7 Å². The molecule has 24 heavy (non-hydrogen) atoms. The first kappa shape index (κ1) is 16.1. The minimum atomic E-state index is -0.270. The number of benzene rings is 1. The molecular formula is C20H31N3O. The molecule has 1 fully saturated rings. The lowest BCUT2D eigenvalue weighted by atomic mass is 9.58. The molecule has 0 saturated heterocycles. The molecule has 4 nitrogen and oxygen atoms in total. The van der Waals surface area contributed by atoms with Crippen LogP contribution in [0.15, 0.2) is 24.3 Å². The van der Waals surface area contributed by atoms with Crippen LogP contribution < -0.4 is 0 Å². The number of rotatable bonds is 3. The van der Waals surface area contributed by atoms with Gasteiger partial charge in [-0.1, -0.05) is 46.8 Å². The molecule has 0 bridgehead atoms. The lowest BCUT2D eigenvalue weighted by Crippen LogP contribution is -2.48. The Kier molecular flexibility index (Phi) is 3.38. The Balaban J connectivity index is 1.76. The van der Waals surface area contributed by atoms with Crippen LogP contribution in [0.3, 0.4) is 0 Å². The summed E-state index contributed by atoms with van der Waals surface area (Å²) in [5.74, 6) is 0.635. The highest BCUT2D eigenvalue weighted by atomic mass is 16.3. The van der Waals surface area contributed by atoms with Gasteiger partial charge in [0.1, 0.15) is 11.0 Å². The average Bonchev–Trinajstić information content (AvgIpc) is 3.20. The van der Waals surface area contributed by atoms with Crippen LogP contribution in [0.25, 0.3) is 11.0 Å².